The van der Waals surface area contributed by atoms with Gasteiger partial charge in [-0.1, -0.05) is 13.8 Å². The van der Waals surface area contributed by atoms with Gasteiger partial charge >= 0.3 is 0 Å². The molecule has 2 rings (SSSR count). The van der Waals surface area contributed by atoms with Crippen LogP contribution in [0.15, 0.2) is 18.3 Å². The van der Waals surface area contributed by atoms with E-state index in [2.05, 4.69) is 31.1 Å². The molecule has 18 heavy (non-hydrogen) atoms. The molecule has 0 spiro atoms. The summed E-state index contributed by atoms with van der Waals surface area (Å²) in [5.41, 5.74) is 0. The lowest BCUT2D eigenvalue weighted by Crippen LogP contribution is -2.28. The summed E-state index contributed by atoms with van der Waals surface area (Å²) in [6.07, 6.45) is 5.79. The van der Waals surface area contributed by atoms with Crippen molar-refractivity contribution in [3.63, 3.8) is 0 Å². The van der Waals surface area contributed by atoms with Gasteiger partial charge in [0.25, 0.3) is 0 Å². The molecule has 0 aromatic carbocycles. The number of ether oxygens (including phenoxy) is 1. The average Bonchev–Trinajstić information content (AvgIpc) is 2.35. The van der Waals surface area contributed by atoms with E-state index in [1.54, 1.807) is 0 Å². The Morgan fingerprint density at radius 2 is 2.17 bits per heavy atom. The van der Waals surface area contributed by atoms with E-state index >= 15 is 0 Å². The number of rotatable bonds is 4. The predicted octanol–water partition coefficient (Wildman–Crippen LogP) is 3.72. The van der Waals surface area contributed by atoms with E-state index in [0.717, 1.165) is 29.9 Å². The van der Waals surface area contributed by atoms with Crippen molar-refractivity contribution in [3.8, 4) is 5.75 Å². The van der Waals surface area contributed by atoms with Gasteiger partial charge in [0.1, 0.15) is 11.6 Å². The lowest BCUT2D eigenvalue weighted by Gasteiger charge is -2.32. The third-order valence-corrected chi connectivity index (χ3v) is 3.94. The van der Waals surface area contributed by atoms with E-state index < -0.39 is 0 Å². The highest BCUT2D eigenvalue weighted by atomic mass is 16.5. The van der Waals surface area contributed by atoms with Gasteiger partial charge in [-0.25, -0.2) is 4.98 Å². The normalized spacial score (nSPS) is 27.8. The third-order valence-electron chi connectivity index (χ3n) is 3.94. The minimum Gasteiger partial charge on any atom is -0.490 e. The maximum atomic E-state index is 6.08. The molecule has 0 radical (unpaired) electrons. The summed E-state index contributed by atoms with van der Waals surface area (Å²) in [6.45, 7) is 7.63. The van der Waals surface area contributed by atoms with Crippen molar-refractivity contribution in [1.82, 2.24) is 4.98 Å². The fraction of sp³-hybridized carbons (Fsp3) is 0.667. The van der Waals surface area contributed by atoms with Crippen LogP contribution in [0.4, 0.5) is 5.82 Å². The summed E-state index contributed by atoms with van der Waals surface area (Å²) in [7, 11) is 0. The Hall–Kier alpha value is -1.25. The average molecular weight is 248 g/mol. The van der Waals surface area contributed by atoms with E-state index in [4.69, 9.17) is 4.74 Å². The molecule has 1 fully saturated rings. The van der Waals surface area contributed by atoms with Crippen molar-refractivity contribution in [3.05, 3.63) is 18.3 Å². The summed E-state index contributed by atoms with van der Waals surface area (Å²) in [5.74, 6) is 3.43. The molecule has 3 nitrogen and oxygen atoms in total. The van der Waals surface area contributed by atoms with E-state index in [-0.39, 0.29) is 0 Å². The molecule has 3 unspecified atom stereocenters. The number of hydrogen-bond acceptors (Lipinski definition) is 3. The smallest absolute Gasteiger partial charge is 0.129 e. The van der Waals surface area contributed by atoms with Crippen LogP contribution < -0.4 is 10.1 Å². The first-order chi connectivity index (χ1) is 8.69. The summed E-state index contributed by atoms with van der Waals surface area (Å²) < 4.78 is 6.08. The second-order valence-corrected chi connectivity index (χ2v) is 5.41. The maximum absolute atomic E-state index is 6.08. The lowest BCUT2D eigenvalue weighted by atomic mass is 9.80. The van der Waals surface area contributed by atoms with Crippen molar-refractivity contribution in [2.75, 3.05) is 11.9 Å². The van der Waals surface area contributed by atoms with Gasteiger partial charge in [-0.05, 0) is 44.1 Å². The number of anilines is 1. The van der Waals surface area contributed by atoms with E-state index in [0.29, 0.717) is 6.10 Å². The SMILES string of the molecule is CCNc1cc(OC2CCC(C)C(C)C2)ccn1. The number of hydrogen-bond donors (Lipinski definition) is 1. The van der Waals surface area contributed by atoms with E-state index in [1.807, 2.05) is 18.3 Å². The molecule has 100 valence electrons. The Morgan fingerprint density at radius 3 is 2.89 bits per heavy atom. The van der Waals surface area contributed by atoms with Gasteiger partial charge in [0.2, 0.25) is 0 Å². The van der Waals surface area contributed by atoms with Crippen LogP contribution in [-0.4, -0.2) is 17.6 Å². The molecule has 1 heterocycles. The first kappa shape index (κ1) is 13.2. The van der Waals surface area contributed by atoms with Crippen LogP contribution in [-0.2, 0) is 0 Å². The van der Waals surface area contributed by atoms with Gasteiger partial charge in [-0.2, -0.15) is 0 Å². The third kappa shape index (κ3) is 3.37. The molecule has 1 aromatic rings. The molecule has 0 amide bonds. The van der Waals surface area contributed by atoms with Crippen molar-refractivity contribution < 1.29 is 4.74 Å². The second kappa shape index (κ2) is 6.07. The zero-order chi connectivity index (χ0) is 13.0. The summed E-state index contributed by atoms with van der Waals surface area (Å²) >= 11 is 0. The zero-order valence-corrected chi connectivity index (χ0v) is 11.6. The maximum Gasteiger partial charge on any atom is 0.129 e. The van der Waals surface area contributed by atoms with Gasteiger partial charge in [0, 0.05) is 18.8 Å². The predicted molar refractivity (Wildman–Crippen MR) is 75.0 cm³/mol. The highest BCUT2D eigenvalue weighted by Gasteiger charge is 2.25. The molecule has 0 aliphatic heterocycles. The van der Waals surface area contributed by atoms with Crippen molar-refractivity contribution in [2.24, 2.45) is 11.8 Å². The van der Waals surface area contributed by atoms with Gasteiger partial charge < -0.3 is 10.1 Å². The lowest BCUT2D eigenvalue weighted by molar-refractivity contribution is 0.101. The fourth-order valence-corrected chi connectivity index (χ4v) is 2.56. The van der Waals surface area contributed by atoms with Crippen LogP contribution in [0.25, 0.3) is 0 Å². The highest BCUT2D eigenvalue weighted by Crippen LogP contribution is 2.32. The van der Waals surface area contributed by atoms with Gasteiger partial charge in [-0.15, -0.1) is 0 Å². The van der Waals surface area contributed by atoms with Gasteiger partial charge in [0.15, 0.2) is 0 Å². The van der Waals surface area contributed by atoms with E-state index in [1.165, 1.54) is 19.3 Å². The summed E-state index contributed by atoms with van der Waals surface area (Å²) in [4.78, 5) is 4.26. The Labute approximate surface area is 110 Å². The molecular weight excluding hydrogens is 224 g/mol. The van der Waals surface area contributed by atoms with Crippen molar-refractivity contribution >= 4 is 5.82 Å². The number of nitrogens with one attached hydrogen (secondary N) is 1. The summed E-state index contributed by atoms with van der Waals surface area (Å²) in [5, 5.41) is 3.21. The van der Waals surface area contributed by atoms with E-state index in [9.17, 15) is 0 Å². The number of aromatic nitrogens is 1. The standard InChI is InChI=1S/C15H24N2O/c1-4-16-15-10-14(7-8-17-15)18-13-6-5-11(2)12(3)9-13/h7-8,10-13H,4-6,9H2,1-3H3,(H,16,17). The largest absolute Gasteiger partial charge is 0.490 e. The second-order valence-electron chi connectivity index (χ2n) is 5.41. The first-order valence-corrected chi connectivity index (χ1v) is 7.05. The Bertz CT molecular complexity index is 381. The quantitative estimate of drug-likeness (QED) is 0.882. The molecule has 0 saturated heterocycles. The number of pyridine rings is 1. The van der Waals surface area contributed by atoms with Gasteiger partial charge in [-0.3, -0.25) is 0 Å². The topological polar surface area (TPSA) is 34.1 Å². The van der Waals surface area contributed by atoms with Crippen LogP contribution in [0, 0.1) is 11.8 Å². The molecular formula is C15H24N2O. The first-order valence-electron chi connectivity index (χ1n) is 7.05. The van der Waals surface area contributed by atoms with Crippen LogP contribution in [0.2, 0.25) is 0 Å². The molecule has 0 bridgehead atoms. The van der Waals surface area contributed by atoms with Crippen LogP contribution >= 0.6 is 0 Å². The molecule has 1 aromatic heterocycles. The summed E-state index contributed by atoms with van der Waals surface area (Å²) in [6, 6.07) is 3.94. The Balaban J connectivity index is 1.94. The minimum absolute atomic E-state index is 0.369. The number of nitrogens with zero attached hydrogens (tertiary/aromatic N) is 1. The van der Waals surface area contributed by atoms with Gasteiger partial charge in [0.05, 0.1) is 6.10 Å². The minimum atomic E-state index is 0.369. The molecule has 1 aliphatic carbocycles. The Morgan fingerprint density at radius 1 is 1.33 bits per heavy atom. The molecule has 1 saturated carbocycles. The Kier molecular flexibility index (Phi) is 4.45. The molecule has 3 atom stereocenters. The molecule has 1 aliphatic rings. The van der Waals surface area contributed by atoms with Crippen LogP contribution in [0.3, 0.4) is 0 Å². The van der Waals surface area contributed by atoms with Crippen molar-refractivity contribution in [2.45, 2.75) is 46.1 Å². The fourth-order valence-electron chi connectivity index (χ4n) is 2.56. The monoisotopic (exact) mass is 248 g/mol. The molecule has 3 heteroatoms. The van der Waals surface area contributed by atoms with Crippen molar-refractivity contribution in [1.29, 1.82) is 0 Å². The van der Waals surface area contributed by atoms with Crippen LogP contribution in [0.5, 0.6) is 5.75 Å². The zero-order valence-electron chi connectivity index (χ0n) is 11.6. The van der Waals surface area contributed by atoms with Crippen LogP contribution in [0.1, 0.15) is 40.0 Å². The molecule has 1 N–H and O–H groups in total. The highest BCUT2D eigenvalue weighted by molar-refractivity contribution is 5.40.